The average molecular weight is 245 g/mol. The van der Waals surface area contributed by atoms with Crippen LogP contribution < -0.4 is 5.48 Å². The summed E-state index contributed by atoms with van der Waals surface area (Å²) in [5.74, 6) is -5.14. The van der Waals surface area contributed by atoms with Crippen LogP contribution in [0.2, 0.25) is 0 Å². The van der Waals surface area contributed by atoms with E-state index in [0.29, 0.717) is 12.1 Å². The number of carboxylic acids is 1. The molecule has 92 valence electrons. The minimum atomic E-state index is -1.54. The smallest absolute Gasteiger partial charge is 0.336 e. The summed E-state index contributed by atoms with van der Waals surface area (Å²) in [6, 6.07) is 0.950. The first-order chi connectivity index (χ1) is 7.97. The summed E-state index contributed by atoms with van der Waals surface area (Å²) in [4.78, 5) is 26.7. The molecule has 0 saturated heterocycles. The Morgan fingerprint density at radius 1 is 1.29 bits per heavy atom. The van der Waals surface area contributed by atoms with E-state index in [-0.39, 0.29) is 6.61 Å². The van der Waals surface area contributed by atoms with E-state index in [0.717, 1.165) is 0 Å². The van der Waals surface area contributed by atoms with Gasteiger partial charge >= 0.3 is 5.97 Å². The largest absolute Gasteiger partial charge is 0.478 e. The third-order valence-electron chi connectivity index (χ3n) is 1.84. The van der Waals surface area contributed by atoms with Gasteiger partial charge in [-0.15, -0.1) is 0 Å². The van der Waals surface area contributed by atoms with Crippen molar-refractivity contribution in [2.75, 3.05) is 6.61 Å². The number of nitrogens with one attached hydrogen (secondary N) is 1. The molecule has 0 radical (unpaired) electrons. The van der Waals surface area contributed by atoms with E-state index in [2.05, 4.69) is 4.84 Å². The number of benzene rings is 1. The van der Waals surface area contributed by atoms with Crippen LogP contribution >= 0.6 is 0 Å². The first-order valence-electron chi connectivity index (χ1n) is 4.61. The summed E-state index contributed by atoms with van der Waals surface area (Å²) in [5.41, 5.74) is 0.752. The van der Waals surface area contributed by atoms with Crippen LogP contribution in [0.25, 0.3) is 0 Å². The highest BCUT2D eigenvalue weighted by Crippen LogP contribution is 2.15. The molecule has 0 aromatic heterocycles. The molecule has 0 fully saturated rings. The maximum absolute atomic E-state index is 12.9. The van der Waals surface area contributed by atoms with Gasteiger partial charge in [-0.3, -0.25) is 9.63 Å². The van der Waals surface area contributed by atoms with E-state index >= 15 is 0 Å². The van der Waals surface area contributed by atoms with Crippen molar-refractivity contribution in [3.8, 4) is 0 Å². The molecule has 0 heterocycles. The fourth-order valence-corrected chi connectivity index (χ4v) is 1.10. The monoisotopic (exact) mass is 245 g/mol. The molecule has 0 aliphatic carbocycles. The summed E-state index contributed by atoms with van der Waals surface area (Å²) in [6.45, 7) is 1.74. The average Bonchev–Trinajstić information content (AvgIpc) is 2.28. The molecular formula is C10H9F2NO4. The van der Waals surface area contributed by atoms with Gasteiger partial charge in [-0.2, -0.15) is 0 Å². The molecule has 1 aromatic carbocycles. The Labute approximate surface area is 95.0 Å². The molecule has 7 heteroatoms. The second kappa shape index (κ2) is 5.35. The Morgan fingerprint density at radius 2 is 1.82 bits per heavy atom. The van der Waals surface area contributed by atoms with Crippen LogP contribution in [0.1, 0.15) is 27.6 Å². The maximum atomic E-state index is 12.9. The van der Waals surface area contributed by atoms with E-state index < -0.39 is 34.6 Å². The van der Waals surface area contributed by atoms with Crippen LogP contribution in [-0.4, -0.2) is 23.6 Å². The molecule has 0 spiro atoms. The van der Waals surface area contributed by atoms with Crippen molar-refractivity contribution in [3.63, 3.8) is 0 Å². The zero-order valence-corrected chi connectivity index (χ0v) is 8.79. The molecule has 0 atom stereocenters. The van der Waals surface area contributed by atoms with Gasteiger partial charge in [-0.05, 0) is 19.1 Å². The molecule has 0 bridgehead atoms. The minimum absolute atomic E-state index is 0.151. The van der Waals surface area contributed by atoms with Crippen LogP contribution in [0.5, 0.6) is 0 Å². The summed E-state index contributed by atoms with van der Waals surface area (Å²) >= 11 is 0. The van der Waals surface area contributed by atoms with Crippen molar-refractivity contribution >= 4 is 11.9 Å². The number of hydrogen-bond donors (Lipinski definition) is 2. The topological polar surface area (TPSA) is 75.6 Å². The van der Waals surface area contributed by atoms with Gasteiger partial charge in [0.05, 0.1) is 17.7 Å². The van der Waals surface area contributed by atoms with E-state index in [1.54, 1.807) is 6.92 Å². The summed E-state index contributed by atoms with van der Waals surface area (Å²) in [6.07, 6.45) is 0. The molecule has 0 saturated carbocycles. The third kappa shape index (κ3) is 2.97. The second-order valence-corrected chi connectivity index (χ2v) is 2.98. The van der Waals surface area contributed by atoms with E-state index in [1.807, 2.05) is 5.48 Å². The maximum Gasteiger partial charge on any atom is 0.336 e. The molecule has 1 rings (SSSR count). The van der Waals surface area contributed by atoms with Gasteiger partial charge in [0.15, 0.2) is 11.6 Å². The molecule has 1 amide bonds. The van der Waals surface area contributed by atoms with Crippen LogP contribution in [0.15, 0.2) is 12.1 Å². The van der Waals surface area contributed by atoms with Crippen molar-refractivity contribution < 1.29 is 28.3 Å². The molecule has 17 heavy (non-hydrogen) atoms. The fraction of sp³-hybridized carbons (Fsp3) is 0.200. The number of amides is 1. The number of carbonyl (C=O) groups excluding carboxylic acids is 1. The lowest BCUT2D eigenvalue weighted by molar-refractivity contribution is 0.0360. The van der Waals surface area contributed by atoms with Crippen molar-refractivity contribution in [2.45, 2.75) is 6.92 Å². The lowest BCUT2D eigenvalue weighted by Crippen LogP contribution is -2.26. The van der Waals surface area contributed by atoms with Gasteiger partial charge in [0, 0.05) is 0 Å². The van der Waals surface area contributed by atoms with E-state index in [1.165, 1.54) is 0 Å². The number of carbonyl (C=O) groups is 2. The van der Waals surface area contributed by atoms with Gasteiger partial charge in [0.1, 0.15) is 0 Å². The number of rotatable bonds is 4. The number of hydroxylamine groups is 1. The highest BCUT2D eigenvalue weighted by molar-refractivity contribution is 6.04. The van der Waals surface area contributed by atoms with Gasteiger partial charge in [-0.1, -0.05) is 0 Å². The number of aromatic carboxylic acids is 1. The first kappa shape index (κ1) is 13.0. The molecule has 0 aliphatic heterocycles. The quantitative estimate of drug-likeness (QED) is 0.785. The predicted molar refractivity (Wildman–Crippen MR) is 52.4 cm³/mol. The molecule has 0 aliphatic rings. The van der Waals surface area contributed by atoms with Crippen LogP contribution in [-0.2, 0) is 4.84 Å². The van der Waals surface area contributed by atoms with Gasteiger partial charge in [-0.25, -0.2) is 19.1 Å². The van der Waals surface area contributed by atoms with Crippen molar-refractivity contribution in [1.29, 1.82) is 0 Å². The lowest BCUT2D eigenvalue weighted by Gasteiger charge is -2.07. The van der Waals surface area contributed by atoms with E-state index in [4.69, 9.17) is 5.11 Å². The summed E-state index contributed by atoms with van der Waals surface area (Å²) < 4.78 is 25.8. The van der Waals surface area contributed by atoms with Crippen molar-refractivity contribution in [1.82, 2.24) is 5.48 Å². The second-order valence-electron chi connectivity index (χ2n) is 2.98. The normalized spacial score (nSPS) is 10.1. The Bertz CT molecular complexity index is 462. The summed E-state index contributed by atoms with van der Waals surface area (Å²) in [7, 11) is 0. The Hall–Kier alpha value is -2.02. The highest BCUT2D eigenvalue weighted by Gasteiger charge is 2.20. The van der Waals surface area contributed by atoms with E-state index in [9.17, 15) is 18.4 Å². The first-order valence-corrected chi connectivity index (χ1v) is 4.61. The molecule has 2 N–H and O–H groups in total. The van der Waals surface area contributed by atoms with Crippen LogP contribution in [0.4, 0.5) is 8.78 Å². The lowest BCUT2D eigenvalue weighted by atomic mass is 10.1. The van der Waals surface area contributed by atoms with Crippen molar-refractivity contribution in [3.05, 3.63) is 34.9 Å². The predicted octanol–water partition coefficient (Wildman–Crippen LogP) is 1.34. The van der Waals surface area contributed by atoms with Gasteiger partial charge < -0.3 is 5.11 Å². The SMILES string of the molecule is CCONC(=O)c1cc(F)c(F)cc1C(=O)O. The van der Waals surface area contributed by atoms with Gasteiger partial charge in [0.25, 0.3) is 5.91 Å². The number of hydrogen-bond acceptors (Lipinski definition) is 3. The third-order valence-corrected chi connectivity index (χ3v) is 1.84. The highest BCUT2D eigenvalue weighted by atomic mass is 19.2. The molecule has 5 nitrogen and oxygen atoms in total. The summed E-state index contributed by atoms with van der Waals surface area (Å²) in [5, 5.41) is 8.75. The molecule has 0 unspecified atom stereocenters. The van der Waals surface area contributed by atoms with Gasteiger partial charge in [0.2, 0.25) is 0 Å². The Balaban J connectivity index is 3.16. The zero-order valence-electron chi connectivity index (χ0n) is 8.79. The standard InChI is InChI=1S/C10H9F2NO4/c1-2-17-13-9(14)5-3-7(11)8(12)4-6(5)10(15)16/h3-4H,2H2,1H3,(H,13,14)(H,15,16). The zero-order chi connectivity index (χ0) is 13.0. The number of carboxylic acid groups (broad SMARTS) is 1. The fourth-order valence-electron chi connectivity index (χ4n) is 1.10. The Kier molecular flexibility index (Phi) is 4.11. The Morgan fingerprint density at radius 3 is 2.29 bits per heavy atom. The van der Waals surface area contributed by atoms with Crippen molar-refractivity contribution in [2.24, 2.45) is 0 Å². The number of halogens is 2. The van der Waals surface area contributed by atoms with Crippen LogP contribution in [0, 0.1) is 11.6 Å². The molecule has 1 aromatic rings. The minimum Gasteiger partial charge on any atom is -0.478 e. The van der Waals surface area contributed by atoms with Crippen LogP contribution in [0.3, 0.4) is 0 Å². The molecular weight excluding hydrogens is 236 g/mol.